The molecule has 1 saturated carbocycles. The van der Waals surface area contributed by atoms with Gasteiger partial charge in [0.05, 0.1) is 21.5 Å². The van der Waals surface area contributed by atoms with Crippen molar-refractivity contribution < 1.29 is 0 Å². The van der Waals surface area contributed by atoms with Crippen LogP contribution in [0.2, 0.25) is 0 Å². The second-order valence-corrected chi connectivity index (χ2v) is 7.03. The van der Waals surface area contributed by atoms with Crippen molar-refractivity contribution >= 4 is 31.9 Å². The van der Waals surface area contributed by atoms with Crippen LogP contribution >= 0.6 is 31.9 Å². The molecule has 0 aliphatic heterocycles. The maximum Gasteiger partial charge on any atom is 0.0743 e. The van der Waals surface area contributed by atoms with Crippen LogP contribution in [0.15, 0.2) is 27.1 Å². The Bertz CT molecular complexity index is 645. The summed E-state index contributed by atoms with van der Waals surface area (Å²) in [5, 5.41) is 8.22. The van der Waals surface area contributed by atoms with Crippen LogP contribution in [0.1, 0.15) is 29.8 Å². The second kappa shape index (κ2) is 5.62. The van der Waals surface area contributed by atoms with E-state index >= 15 is 0 Å². The Labute approximate surface area is 136 Å². The van der Waals surface area contributed by atoms with Crippen LogP contribution in [0.25, 0.3) is 5.69 Å². The molecule has 0 amide bonds. The fourth-order valence-electron chi connectivity index (χ4n) is 2.28. The van der Waals surface area contributed by atoms with Crippen LogP contribution in [0, 0.1) is 13.8 Å². The molecule has 1 heterocycles. The first kappa shape index (κ1) is 14.3. The minimum absolute atomic E-state index is 0.707. The van der Waals surface area contributed by atoms with Gasteiger partial charge in [-0.15, -0.1) is 0 Å². The van der Waals surface area contributed by atoms with Gasteiger partial charge in [0.1, 0.15) is 0 Å². The highest BCUT2D eigenvalue weighted by atomic mass is 79.9. The second-order valence-electron chi connectivity index (χ2n) is 5.32. The molecule has 1 aromatic carbocycles. The monoisotopic (exact) mass is 397 g/mol. The third kappa shape index (κ3) is 2.85. The zero-order chi connectivity index (χ0) is 14.3. The van der Waals surface area contributed by atoms with Gasteiger partial charge in [0.15, 0.2) is 0 Å². The summed E-state index contributed by atoms with van der Waals surface area (Å²) in [5.41, 5.74) is 4.56. The Morgan fingerprint density at radius 3 is 2.65 bits per heavy atom. The third-order valence-electron chi connectivity index (χ3n) is 3.64. The number of hydrogen-bond donors (Lipinski definition) is 1. The van der Waals surface area contributed by atoms with Crippen LogP contribution in [-0.4, -0.2) is 15.8 Å². The molecule has 3 nitrogen and oxygen atoms in total. The van der Waals surface area contributed by atoms with Crippen LogP contribution in [-0.2, 0) is 6.54 Å². The van der Waals surface area contributed by atoms with E-state index in [1.807, 2.05) is 11.6 Å². The molecule has 1 aliphatic carbocycles. The molecule has 2 aromatic rings. The topological polar surface area (TPSA) is 29.9 Å². The van der Waals surface area contributed by atoms with Gasteiger partial charge in [-0.2, -0.15) is 5.10 Å². The molecule has 1 fully saturated rings. The summed E-state index contributed by atoms with van der Waals surface area (Å²) >= 11 is 7.16. The summed E-state index contributed by atoms with van der Waals surface area (Å²) < 4.78 is 4.18. The first-order valence-electron chi connectivity index (χ1n) is 6.80. The lowest BCUT2D eigenvalue weighted by atomic mass is 10.1. The van der Waals surface area contributed by atoms with Crippen molar-refractivity contribution in [3.63, 3.8) is 0 Å². The van der Waals surface area contributed by atoms with Crippen LogP contribution < -0.4 is 5.32 Å². The molecule has 0 unspecified atom stereocenters. The Kier molecular flexibility index (Phi) is 4.02. The number of halogens is 2. The minimum atomic E-state index is 0.707. The maximum absolute atomic E-state index is 4.65. The molecule has 1 N–H and O–H groups in total. The summed E-state index contributed by atoms with van der Waals surface area (Å²) in [6, 6.07) is 7.10. The molecular weight excluding hydrogens is 382 g/mol. The summed E-state index contributed by atoms with van der Waals surface area (Å²) in [6.45, 7) is 5.00. The predicted molar refractivity (Wildman–Crippen MR) is 88.3 cm³/mol. The fourth-order valence-corrected chi connectivity index (χ4v) is 2.88. The highest BCUT2D eigenvalue weighted by Gasteiger charge is 2.21. The average Bonchev–Trinajstić information content (AvgIpc) is 3.21. The number of hydrogen-bond acceptors (Lipinski definition) is 2. The van der Waals surface area contributed by atoms with Crippen molar-refractivity contribution in [3.05, 3.63) is 44.1 Å². The molecule has 106 valence electrons. The van der Waals surface area contributed by atoms with E-state index in [4.69, 9.17) is 0 Å². The maximum atomic E-state index is 4.65. The van der Waals surface area contributed by atoms with Gasteiger partial charge in [-0.3, -0.25) is 0 Å². The molecular formula is C15H17Br2N3. The van der Waals surface area contributed by atoms with Crippen molar-refractivity contribution in [1.29, 1.82) is 0 Å². The molecule has 5 heteroatoms. The molecule has 0 spiro atoms. The van der Waals surface area contributed by atoms with E-state index in [9.17, 15) is 0 Å². The Morgan fingerprint density at radius 2 is 2.05 bits per heavy atom. The van der Waals surface area contributed by atoms with Crippen molar-refractivity contribution in [3.8, 4) is 5.69 Å². The quantitative estimate of drug-likeness (QED) is 0.833. The molecule has 1 aliphatic rings. The Morgan fingerprint density at radius 1 is 1.30 bits per heavy atom. The first-order chi connectivity index (χ1) is 9.56. The standard InChI is InChI=1S/C15H17Br2N3/c1-9-15(17)10(2)20(19-9)14-7-12(16)4-3-11(14)8-18-13-5-6-13/h3-4,7,13,18H,5-6,8H2,1-2H3. The van der Waals surface area contributed by atoms with E-state index < -0.39 is 0 Å². The van der Waals surface area contributed by atoms with Crippen molar-refractivity contribution in [2.45, 2.75) is 39.3 Å². The molecule has 1 aromatic heterocycles. The lowest BCUT2D eigenvalue weighted by molar-refractivity contribution is 0.679. The van der Waals surface area contributed by atoms with Gasteiger partial charge in [-0.1, -0.05) is 22.0 Å². The van der Waals surface area contributed by atoms with Gasteiger partial charge in [-0.25, -0.2) is 4.68 Å². The van der Waals surface area contributed by atoms with Crippen molar-refractivity contribution in [2.24, 2.45) is 0 Å². The van der Waals surface area contributed by atoms with E-state index in [0.29, 0.717) is 6.04 Å². The molecule has 20 heavy (non-hydrogen) atoms. The van der Waals surface area contributed by atoms with Crippen molar-refractivity contribution in [1.82, 2.24) is 15.1 Å². The molecule has 3 rings (SSSR count). The van der Waals surface area contributed by atoms with E-state index in [0.717, 1.165) is 32.6 Å². The average molecular weight is 399 g/mol. The van der Waals surface area contributed by atoms with Gasteiger partial charge < -0.3 is 5.32 Å². The molecule has 0 bridgehead atoms. The molecule has 0 radical (unpaired) electrons. The zero-order valence-corrected chi connectivity index (χ0v) is 14.8. The lowest BCUT2D eigenvalue weighted by Gasteiger charge is -2.12. The SMILES string of the molecule is Cc1nn(-c2cc(Br)ccc2CNC2CC2)c(C)c1Br. The predicted octanol–water partition coefficient (Wildman–Crippen LogP) is 4.27. The van der Waals surface area contributed by atoms with Gasteiger partial charge in [0.25, 0.3) is 0 Å². The van der Waals surface area contributed by atoms with Crippen LogP contribution in [0.3, 0.4) is 0 Å². The van der Waals surface area contributed by atoms with E-state index in [1.165, 1.54) is 18.4 Å². The van der Waals surface area contributed by atoms with Gasteiger partial charge in [-0.05, 0) is 60.3 Å². The lowest BCUT2D eigenvalue weighted by Crippen LogP contribution is -2.17. The van der Waals surface area contributed by atoms with Gasteiger partial charge in [0.2, 0.25) is 0 Å². The smallest absolute Gasteiger partial charge is 0.0743 e. The fraction of sp³-hybridized carbons (Fsp3) is 0.400. The number of benzene rings is 1. The highest BCUT2D eigenvalue weighted by Crippen LogP contribution is 2.27. The largest absolute Gasteiger partial charge is 0.310 e. The summed E-state index contributed by atoms with van der Waals surface area (Å²) in [7, 11) is 0. The summed E-state index contributed by atoms with van der Waals surface area (Å²) in [5.74, 6) is 0. The Hall–Kier alpha value is -0.650. The molecule has 0 saturated heterocycles. The molecule has 0 atom stereocenters. The van der Waals surface area contributed by atoms with Gasteiger partial charge in [0, 0.05) is 17.1 Å². The Balaban J connectivity index is 2.00. The normalized spacial score (nSPS) is 14.8. The van der Waals surface area contributed by atoms with Crippen LogP contribution in [0.4, 0.5) is 0 Å². The van der Waals surface area contributed by atoms with Crippen LogP contribution in [0.5, 0.6) is 0 Å². The number of nitrogens with zero attached hydrogens (tertiary/aromatic N) is 2. The number of rotatable bonds is 4. The number of aromatic nitrogens is 2. The minimum Gasteiger partial charge on any atom is -0.310 e. The summed E-state index contributed by atoms with van der Waals surface area (Å²) in [4.78, 5) is 0. The number of nitrogens with one attached hydrogen (secondary N) is 1. The summed E-state index contributed by atoms with van der Waals surface area (Å²) in [6.07, 6.45) is 2.61. The van der Waals surface area contributed by atoms with E-state index in [1.54, 1.807) is 0 Å². The first-order valence-corrected chi connectivity index (χ1v) is 8.39. The zero-order valence-electron chi connectivity index (χ0n) is 11.6. The van der Waals surface area contributed by atoms with Gasteiger partial charge >= 0.3 is 0 Å². The van der Waals surface area contributed by atoms with E-state index in [-0.39, 0.29) is 0 Å². The highest BCUT2D eigenvalue weighted by molar-refractivity contribution is 9.10. The van der Waals surface area contributed by atoms with Crippen molar-refractivity contribution in [2.75, 3.05) is 0 Å². The van der Waals surface area contributed by atoms with E-state index in [2.05, 4.69) is 67.4 Å². The number of aryl methyl sites for hydroxylation is 1. The third-order valence-corrected chi connectivity index (χ3v) is 5.28.